The molecule has 1 aromatic carbocycles. The number of phenolic OH excluding ortho intramolecular Hbond substituents is 1. The molecule has 44 heavy (non-hydrogen) atoms. The maximum Gasteiger partial charge on any atom is 0.235 e. The standard InChI is InChI=1S/C34H40N2O8/c1-32-14-21-20(18-10-11-44-15-18)13-19(12-17-8-6-5-7-9-17)25(37)22(21)26(38)24(32)30(41)34(43)29(40)23(31(35)42)27(39)28(36(3)4)33(34,2)16-32/h10-11,13,15,17,23-24,28,37,43H,5-9,12,14,16H2,1-4H3,(H2,35,42)/t23?,24?,28-,32+,33+,34-/m1/s1. The quantitative estimate of drug-likeness (QED) is 0.435. The number of Topliss-reactive ketones (excluding diaryl/α,β-unsaturated/α-hetero) is 4. The number of carbonyl (C=O) groups is 5. The van der Waals surface area contributed by atoms with Crippen molar-refractivity contribution < 1.29 is 38.6 Å². The van der Waals surface area contributed by atoms with Crippen molar-refractivity contribution in [2.45, 2.75) is 76.9 Å². The van der Waals surface area contributed by atoms with Gasteiger partial charge >= 0.3 is 0 Å². The number of carbonyl (C=O) groups excluding carboxylic acids is 5. The van der Waals surface area contributed by atoms with Gasteiger partial charge in [0, 0.05) is 11.0 Å². The van der Waals surface area contributed by atoms with Gasteiger partial charge in [-0.05, 0) is 73.5 Å². The molecular formula is C34H40N2O8. The van der Waals surface area contributed by atoms with Gasteiger partial charge in [0.05, 0.1) is 30.0 Å². The zero-order valence-corrected chi connectivity index (χ0v) is 25.6. The van der Waals surface area contributed by atoms with Crippen LogP contribution in [-0.2, 0) is 32.0 Å². The van der Waals surface area contributed by atoms with E-state index in [0.29, 0.717) is 23.5 Å². The Labute approximate surface area is 256 Å². The molecule has 1 heterocycles. The maximum absolute atomic E-state index is 14.6. The molecule has 4 aliphatic rings. The maximum atomic E-state index is 14.6. The highest BCUT2D eigenvalue weighted by Crippen LogP contribution is 2.62. The minimum Gasteiger partial charge on any atom is -0.507 e. The van der Waals surface area contributed by atoms with Crippen LogP contribution < -0.4 is 5.73 Å². The lowest BCUT2D eigenvalue weighted by Gasteiger charge is -2.61. The highest BCUT2D eigenvalue weighted by molar-refractivity contribution is 6.33. The molecule has 10 heteroatoms. The third kappa shape index (κ3) is 4.03. The molecule has 2 aromatic rings. The molecule has 6 atom stereocenters. The van der Waals surface area contributed by atoms with Crippen molar-refractivity contribution in [3.8, 4) is 16.9 Å². The summed E-state index contributed by atoms with van der Waals surface area (Å²) in [4.78, 5) is 70.4. The Kier molecular flexibility index (Phi) is 7.05. The third-order valence-electron chi connectivity index (χ3n) is 11.1. The van der Waals surface area contributed by atoms with Gasteiger partial charge in [-0.3, -0.25) is 28.9 Å². The van der Waals surface area contributed by atoms with Crippen LogP contribution in [0.15, 0.2) is 29.1 Å². The number of nitrogens with two attached hydrogens (primary N) is 1. The second-order valence-corrected chi connectivity index (χ2v) is 14.3. The van der Waals surface area contributed by atoms with E-state index in [2.05, 4.69) is 0 Å². The van der Waals surface area contributed by atoms with Gasteiger partial charge in [-0.2, -0.15) is 0 Å². The van der Waals surface area contributed by atoms with Crippen LogP contribution in [0, 0.1) is 28.6 Å². The topological polar surface area (TPSA) is 168 Å². The van der Waals surface area contributed by atoms with Crippen LogP contribution in [0.25, 0.3) is 11.1 Å². The summed E-state index contributed by atoms with van der Waals surface area (Å²) in [5.74, 6) is -8.39. The van der Waals surface area contributed by atoms with Gasteiger partial charge in [-0.25, -0.2) is 0 Å². The number of amides is 1. The number of benzene rings is 1. The molecule has 0 spiro atoms. The number of hydrogen-bond donors (Lipinski definition) is 3. The number of fused-ring (bicyclic) bond motifs is 3. The van der Waals surface area contributed by atoms with Gasteiger partial charge in [0.15, 0.2) is 34.7 Å². The largest absolute Gasteiger partial charge is 0.507 e. The average molecular weight is 605 g/mol. The molecule has 2 unspecified atom stereocenters. The van der Waals surface area contributed by atoms with Crippen molar-refractivity contribution in [2.24, 2.45) is 34.3 Å². The zero-order valence-electron chi connectivity index (χ0n) is 25.6. The number of aliphatic hydroxyl groups is 1. The van der Waals surface area contributed by atoms with Crippen molar-refractivity contribution in [1.29, 1.82) is 0 Å². The minimum atomic E-state index is -2.82. The number of likely N-dealkylation sites (N-methyl/N-ethyl adjacent to an activating group) is 1. The van der Waals surface area contributed by atoms with Crippen molar-refractivity contribution in [3.05, 3.63) is 41.3 Å². The first-order chi connectivity index (χ1) is 20.7. The summed E-state index contributed by atoms with van der Waals surface area (Å²) in [6.07, 6.45) is 9.20. The number of hydrogen-bond acceptors (Lipinski definition) is 9. The number of nitrogens with zero attached hydrogens (tertiary/aromatic N) is 1. The van der Waals surface area contributed by atoms with Gasteiger partial charge in [0.25, 0.3) is 0 Å². The lowest BCUT2D eigenvalue weighted by molar-refractivity contribution is -0.203. The molecule has 3 saturated carbocycles. The van der Waals surface area contributed by atoms with Crippen LogP contribution in [0.2, 0.25) is 0 Å². The molecule has 1 amide bonds. The van der Waals surface area contributed by atoms with Gasteiger partial charge < -0.3 is 20.4 Å². The van der Waals surface area contributed by atoms with Crippen LogP contribution in [0.4, 0.5) is 0 Å². The number of phenols is 1. The number of ketones is 4. The lowest BCUT2D eigenvalue weighted by atomic mass is 9.42. The van der Waals surface area contributed by atoms with Crippen molar-refractivity contribution in [3.63, 3.8) is 0 Å². The van der Waals surface area contributed by atoms with Crippen molar-refractivity contribution >= 4 is 29.0 Å². The highest BCUT2D eigenvalue weighted by Gasteiger charge is 2.76. The molecular weight excluding hydrogens is 564 g/mol. The summed E-state index contributed by atoms with van der Waals surface area (Å²) in [5, 5.41) is 23.9. The van der Waals surface area contributed by atoms with Crippen molar-refractivity contribution in [2.75, 3.05) is 14.1 Å². The summed E-state index contributed by atoms with van der Waals surface area (Å²) in [5.41, 5.74) is 2.48. The SMILES string of the molecule is CN(C)[C@@H]1C(=O)C(C(N)=O)C(=O)[C@@]2(O)C(=O)C3C(=O)c4c(O)c(CC5CCCCC5)cc(-c5ccoc5)c4C[C@@]3(C)C[C@@]12C. The molecule has 0 bridgehead atoms. The Morgan fingerprint density at radius 3 is 2.36 bits per heavy atom. The van der Waals surface area contributed by atoms with E-state index >= 15 is 0 Å². The molecule has 0 saturated heterocycles. The highest BCUT2D eigenvalue weighted by atomic mass is 16.3. The van der Waals surface area contributed by atoms with Gasteiger partial charge in [0.2, 0.25) is 5.91 Å². The monoisotopic (exact) mass is 604 g/mol. The van der Waals surface area contributed by atoms with Gasteiger partial charge in [0.1, 0.15) is 5.75 Å². The summed E-state index contributed by atoms with van der Waals surface area (Å²) in [6.45, 7) is 3.26. The summed E-state index contributed by atoms with van der Waals surface area (Å²) < 4.78 is 5.40. The first-order valence-corrected chi connectivity index (χ1v) is 15.4. The summed E-state index contributed by atoms with van der Waals surface area (Å²) in [6, 6.07) is 2.49. The fourth-order valence-electron chi connectivity index (χ4n) is 9.38. The summed E-state index contributed by atoms with van der Waals surface area (Å²) >= 11 is 0. The fraction of sp³-hybridized carbons (Fsp3) is 0.559. The molecule has 234 valence electrons. The van der Waals surface area contributed by atoms with E-state index in [0.717, 1.165) is 36.8 Å². The van der Waals surface area contributed by atoms with E-state index < -0.39 is 63.3 Å². The van der Waals surface area contributed by atoms with Crippen LogP contribution in [0.3, 0.4) is 0 Å². The summed E-state index contributed by atoms with van der Waals surface area (Å²) in [7, 11) is 3.15. The van der Waals surface area contributed by atoms with E-state index in [1.54, 1.807) is 33.3 Å². The molecule has 4 N–H and O–H groups in total. The molecule has 3 fully saturated rings. The predicted octanol–water partition coefficient (Wildman–Crippen LogP) is 3.03. The smallest absolute Gasteiger partial charge is 0.235 e. The number of rotatable bonds is 5. The van der Waals surface area contributed by atoms with Crippen LogP contribution in [-0.4, -0.2) is 69.9 Å². The minimum absolute atomic E-state index is 0.0208. The normalized spacial score (nSPS) is 34.1. The van der Waals surface area contributed by atoms with Crippen LogP contribution >= 0.6 is 0 Å². The van der Waals surface area contributed by atoms with E-state index in [1.165, 1.54) is 24.5 Å². The molecule has 10 nitrogen and oxygen atoms in total. The first-order valence-electron chi connectivity index (χ1n) is 15.4. The number of primary amides is 1. The molecule has 6 rings (SSSR count). The van der Waals surface area contributed by atoms with Crippen molar-refractivity contribution in [1.82, 2.24) is 4.90 Å². The molecule has 0 radical (unpaired) electrons. The fourth-order valence-corrected chi connectivity index (χ4v) is 9.38. The van der Waals surface area contributed by atoms with Gasteiger partial charge in [-0.1, -0.05) is 46.0 Å². The van der Waals surface area contributed by atoms with E-state index in [9.17, 15) is 34.2 Å². The van der Waals surface area contributed by atoms with Crippen LogP contribution in [0.1, 0.15) is 73.9 Å². The van der Waals surface area contributed by atoms with Crippen LogP contribution in [0.5, 0.6) is 5.75 Å². The molecule has 0 aliphatic heterocycles. The number of furan rings is 1. The molecule has 1 aromatic heterocycles. The van der Waals surface area contributed by atoms with E-state index in [4.69, 9.17) is 10.2 Å². The van der Waals surface area contributed by atoms with Gasteiger partial charge in [-0.15, -0.1) is 0 Å². The van der Waals surface area contributed by atoms with E-state index in [-0.39, 0.29) is 24.2 Å². The Morgan fingerprint density at radius 1 is 1.09 bits per heavy atom. The predicted molar refractivity (Wildman–Crippen MR) is 159 cm³/mol. The second kappa shape index (κ2) is 10.2. The zero-order chi connectivity index (χ0) is 31.9. The van der Waals surface area contributed by atoms with E-state index in [1.807, 2.05) is 6.07 Å². The Bertz CT molecular complexity index is 1590. The number of aromatic hydroxyl groups is 1. The average Bonchev–Trinajstić information content (AvgIpc) is 3.47. The Morgan fingerprint density at radius 2 is 1.77 bits per heavy atom. The Hall–Kier alpha value is -3.63. The molecule has 4 aliphatic carbocycles. The third-order valence-corrected chi connectivity index (χ3v) is 11.1. The first kappa shape index (κ1) is 30.4. The Balaban J connectivity index is 1.54. The second-order valence-electron chi connectivity index (χ2n) is 14.3. The lowest BCUT2D eigenvalue weighted by Crippen LogP contribution is -2.79.